The fourth-order valence-corrected chi connectivity index (χ4v) is 2.92. The van der Waals surface area contributed by atoms with Crippen LogP contribution >= 0.6 is 11.3 Å². The van der Waals surface area contributed by atoms with Gasteiger partial charge in [0.25, 0.3) is 5.56 Å². The topological polar surface area (TPSA) is 34.0 Å². The SMILES string of the molecule is CC(C)CCCNCCn1ccc2sccc2c1=O. The Balaban J connectivity index is 1.81. The van der Waals surface area contributed by atoms with Crippen LogP contribution in [-0.2, 0) is 6.54 Å². The van der Waals surface area contributed by atoms with E-state index in [9.17, 15) is 4.79 Å². The summed E-state index contributed by atoms with van der Waals surface area (Å²) >= 11 is 1.62. The van der Waals surface area contributed by atoms with Gasteiger partial charge in [0, 0.05) is 24.0 Å². The summed E-state index contributed by atoms with van der Waals surface area (Å²) < 4.78 is 2.87. The van der Waals surface area contributed by atoms with E-state index in [0.717, 1.165) is 35.6 Å². The molecule has 4 heteroatoms. The number of pyridine rings is 1. The molecule has 3 nitrogen and oxygen atoms in total. The second-order valence-corrected chi connectivity index (χ2v) is 6.25. The minimum Gasteiger partial charge on any atom is -0.315 e. The first-order valence-corrected chi connectivity index (χ1v) is 7.84. The van der Waals surface area contributed by atoms with Crippen LogP contribution in [0.1, 0.15) is 26.7 Å². The highest BCUT2D eigenvalue weighted by atomic mass is 32.1. The molecule has 0 radical (unpaired) electrons. The lowest BCUT2D eigenvalue weighted by molar-refractivity contribution is 0.513. The predicted molar refractivity (Wildman–Crippen MR) is 83.0 cm³/mol. The average Bonchev–Trinajstić information content (AvgIpc) is 2.84. The summed E-state index contributed by atoms with van der Waals surface area (Å²) in [6.07, 6.45) is 4.36. The normalized spacial score (nSPS) is 11.5. The van der Waals surface area contributed by atoms with Crippen LogP contribution in [0.25, 0.3) is 10.1 Å². The van der Waals surface area contributed by atoms with Crippen molar-refractivity contribution in [3.8, 4) is 0 Å². The van der Waals surface area contributed by atoms with Crippen LogP contribution in [0, 0.1) is 5.92 Å². The van der Waals surface area contributed by atoms with Gasteiger partial charge in [0.2, 0.25) is 0 Å². The van der Waals surface area contributed by atoms with Gasteiger partial charge >= 0.3 is 0 Å². The Morgan fingerprint density at radius 3 is 2.95 bits per heavy atom. The molecule has 2 heterocycles. The largest absolute Gasteiger partial charge is 0.315 e. The smallest absolute Gasteiger partial charge is 0.259 e. The maximum atomic E-state index is 12.1. The highest BCUT2D eigenvalue weighted by molar-refractivity contribution is 7.17. The lowest BCUT2D eigenvalue weighted by Gasteiger charge is -2.08. The Kier molecular flexibility index (Phi) is 5.16. The summed E-state index contributed by atoms with van der Waals surface area (Å²) in [6.45, 7) is 7.12. The van der Waals surface area contributed by atoms with Crippen LogP contribution < -0.4 is 10.9 Å². The summed E-state index contributed by atoms with van der Waals surface area (Å²) in [5.74, 6) is 0.769. The third-order valence-corrected chi connectivity index (χ3v) is 4.14. The number of aromatic nitrogens is 1. The van der Waals surface area contributed by atoms with E-state index in [-0.39, 0.29) is 5.56 Å². The summed E-state index contributed by atoms with van der Waals surface area (Å²) in [4.78, 5) is 12.1. The quantitative estimate of drug-likeness (QED) is 0.790. The lowest BCUT2D eigenvalue weighted by atomic mass is 10.1. The molecule has 2 rings (SSSR count). The van der Waals surface area contributed by atoms with Gasteiger partial charge in [-0.1, -0.05) is 13.8 Å². The van der Waals surface area contributed by atoms with Crippen molar-refractivity contribution < 1.29 is 0 Å². The molecule has 0 aliphatic rings. The van der Waals surface area contributed by atoms with Gasteiger partial charge in [0.1, 0.15) is 0 Å². The molecule has 0 spiro atoms. The molecular formula is C15H22N2OS. The Bertz CT molecular complexity index is 571. The molecule has 0 fully saturated rings. The van der Waals surface area contributed by atoms with Crippen LogP contribution in [0.2, 0.25) is 0 Å². The first-order chi connectivity index (χ1) is 9.18. The number of thiophene rings is 1. The zero-order chi connectivity index (χ0) is 13.7. The molecule has 1 N–H and O–H groups in total. The summed E-state index contributed by atoms with van der Waals surface area (Å²) in [5, 5.41) is 6.21. The van der Waals surface area contributed by atoms with Crippen molar-refractivity contribution in [3.63, 3.8) is 0 Å². The third kappa shape index (κ3) is 3.91. The molecule has 0 atom stereocenters. The number of hydrogen-bond acceptors (Lipinski definition) is 3. The standard InChI is InChI=1S/C15H22N2OS/c1-12(2)4-3-7-16-8-10-17-9-5-14-13(15(17)18)6-11-19-14/h5-6,9,11-12,16H,3-4,7-8,10H2,1-2H3. The molecule has 0 aliphatic heterocycles. The van der Waals surface area contributed by atoms with Gasteiger partial charge in [-0.2, -0.15) is 0 Å². The van der Waals surface area contributed by atoms with Crippen LogP contribution in [0.5, 0.6) is 0 Å². The van der Waals surface area contributed by atoms with E-state index in [1.807, 2.05) is 23.7 Å². The first-order valence-electron chi connectivity index (χ1n) is 6.96. The van der Waals surface area contributed by atoms with Crippen molar-refractivity contribution in [2.24, 2.45) is 5.92 Å². The van der Waals surface area contributed by atoms with Gasteiger partial charge in [-0.05, 0) is 42.8 Å². The van der Waals surface area contributed by atoms with Gasteiger partial charge in [-0.3, -0.25) is 4.79 Å². The average molecular weight is 278 g/mol. The number of rotatable bonds is 7. The Morgan fingerprint density at radius 2 is 2.16 bits per heavy atom. The van der Waals surface area contributed by atoms with Gasteiger partial charge in [-0.15, -0.1) is 11.3 Å². The molecule has 104 valence electrons. The Morgan fingerprint density at radius 1 is 1.32 bits per heavy atom. The highest BCUT2D eigenvalue weighted by Crippen LogP contribution is 2.15. The van der Waals surface area contributed by atoms with Gasteiger partial charge in [-0.25, -0.2) is 0 Å². The highest BCUT2D eigenvalue weighted by Gasteiger charge is 2.02. The number of nitrogens with one attached hydrogen (secondary N) is 1. The van der Waals surface area contributed by atoms with E-state index in [4.69, 9.17) is 0 Å². The van der Waals surface area contributed by atoms with Crippen LogP contribution in [0.15, 0.2) is 28.5 Å². The number of hydrogen-bond donors (Lipinski definition) is 1. The van der Waals surface area contributed by atoms with E-state index in [2.05, 4.69) is 19.2 Å². The zero-order valence-electron chi connectivity index (χ0n) is 11.7. The monoisotopic (exact) mass is 278 g/mol. The van der Waals surface area contributed by atoms with Gasteiger partial charge in [0.15, 0.2) is 0 Å². The molecule has 0 aliphatic carbocycles. The van der Waals surface area contributed by atoms with E-state index >= 15 is 0 Å². The van der Waals surface area contributed by atoms with Crippen molar-refractivity contribution in [1.82, 2.24) is 9.88 Å². The minimum absolute atomic E-state index is 0.128. The van der Waals surface area contributed by atoms with Gasteiger partial charge < -0.3 is 9.88 Å². The van der Waals surface area contributed by atoms with E-state index in [1.54, 1.807) is 15.9 Å². The summed E-state index contributed by atoms with van der Waals surface area (Å²) in [6, 6.07) is 3.94. The molecule has 0 amide bonds. The molecule has 0 aromatic carbocycles. The number of fused-ring (bicyclic) bond motifs is 1. The van der Waals surface area contributed by atoms with Crippen molar-refractivity contribution in [1.29, 1.82) is 0 Å². The maximum absolute atomic E-state index is 12.1. The Labute approximate surface area is 118 Å². The van der Waals surface area contributed by atoms with E-state index in [1.165, 1.54) is 12.8 Å². The molecule has 0 saturated carbocycles. The van der Waals surface area contributed by atoms with E-state index < -0.39 is 0 Å². The molecule has 0 saturated heterocycles. The minimum atomic E-state index is 0.128. The molecule has 2 aromatic rings. The fourth-order valence-electron chi connectivity index (χ4n) is 2.14. The molecule has 0 unspecified atom stereocenters. The second-order valence-electron chi connectivity index (χ2n) is 5.30. The van der Waals surface area contributed by atoms with Gasteiger partial charge in [0.05, 0.1) is 5.39 Å². The molecule has 2 aromatic heterocycles. The third-order valence-electron chi connectivity index (χ3n) is 3.26. The second kappa shape index (κ2) is 6.87. The first kappa shape index (κ1) is 14.3. The van der Waals surface area contributed by atoms with Crippen molar-refractivity contribution in [2.75, 3.05) is 13.1 Å². The zero-order valence-corrected chi connectivity index (χ0v) is 12.5. The predicted octanol–water partition coefficient (Wildman–Crippen LogP) is 3.09. The van der Waals surface area contributed by atoms with Crippen LogP contribution in [0.4, 0.5) is 0 Å². The molecule has 0 bridgehead atoms. The number of nitrogens with zero attached hydrogens (tertiary/aromatic N) is 1. The van der Waals surface area contributed by atoms with Crippen molar-refractivity contribution in [2.45, 2.75) is 33.2 Å². The molecular weight excluding hydrogens is 256 g/mol. The lowest BCUT2D eigenvalue weighted by Crippen LogP contribution is -2.27. The maximum Gasteiger partial charge on any atom is 0.259 e. The fraction of sp³-hybridized carbons (Fsp3) is 0.533. The van der Waals surface area contributed by atoms with E-state index in [0.29, 0.717) is 0 Å². The van der Waals surface area contributed by atoms with Crippen molar-refractivity contribution in [3.05, 3.63) is 34.1 Å². The van der Waals surface area contributed by atoms with Crippen LogP contribution in [-0.4, -0.2) is 17.7 Å². The van der Waals surface area contributed by atoms with Crippen molar-refractivity contribution >= 4 is 21.4 Å². The molecule has 19 heavy (non-hydrogen) atoms. The summed E-state index contributed by atoms with van der Waals surface area (Å²) in [5.41, 5.74) is 0.128. The Hall–Kier alpha value is -1.13. The van der Waals surface area contributed by atoms with Crippen LogP contribution in [0.3, 0.4) is 0 Å². The summed E-state index contributed by atoms with van der Waals surface area (Å²) in [7, 11) is 0.